The molecule has 0 amide bonds. The number of hydrogen-bond donors (Lipinski definition) is 0. The Kier molecular flexibility index (Phi) is 16.2. The fraction of sp³-hybridized carbons (Fsp3) is 0.857. The number of nitriles is 1. The van der Waals surface area contributed by atoms with Gasteiger partial charge in [-0.2, -0.15) is 5.26 Å². The average Bonchev–Trinajstić information content (AvgIpc) is 2.31. The van der Waals surface area contributed by atoms with Gasteiger partial charge in [-0.3, -0.25) is 0 Å². The van der Waals surface area contributed by atoms with Crippen LogP contribution in [0.3, 0.4) is 0 Å². The van der Waals surface area contributed by atoms with E-state index in [1.807, 2.05) is 5.80 Å². The second-order valence-corrected chi connectivity index (χ2v) is 8.75. The van der Waals surface area contributed by atoms with Crippen molar-refractivity contribution < 1.29 is 37.7 Å². The molecule has 0 fully saturated rings. The predicted molar refractivity (Wildman–Crippen MR) is 77.9 cm³/mol. The van der Waals surface area contributed by atoms with Crippen LogP contribution >= 0.6 is 6.89 Å². The molecule has 0 spiro atoms. The van der Waals surface area contributed by atoms with Crippen molar-refractivity contribution in [2.45, 2.75) is 59.3 Å². The van der Waals surface area contributed by atoms with E-state index in [1.165, 1.54) is 57.0 Å². The van der Waals surface area contributed by atoms with Crippen LogP contribution in [0.5, 0.6) is 0 Å². The fourth-order valence-corrected chi connectivity index (χ4v) is 6.21. The van der Waals surface area contributed by atoms with Crippen molar-refractivity contribution >= 4 is 12.7 Å². The van der Waals surface area contributed by atoms with Crippen LogP contribution in [0.4, 0.5) is 0 Å². The van der Waals surface area contributed by atoms with Crippen molar-refractivity contribution in [2.24, 2.45) is 0 Å². The minimum Gasteiger partial charge on any atom is -0.193 e. The zero-order valence-electron chi connectivity index (χ0n) is 11.7. The summed E-state index contributed by atoms with van der Waals surface area (Å²) in [6.45, 7) is 5.72. The van der Waals surface area contributed by atoms with Crippen LogP contribution in [0, 0.1) is 49.1 Å². The van der Waals surface area contributed by atoms with Gasteiger partial charge >= 0.3 is 0 Å². The monoisotopic (exact) mass is 281 g/mol. The first-order valence-electron chi connectivity index (χ1n) is 6.84. The van der Waals surface area contributed by atoms with Gasteiger partial charge in [0.25, 0.3) is 0 Å². The molecule has 0 N–H and O–H groups in total. The van der Waals surface area contributed by atoms with Gasteiger partial charge in [-0.1, -0.05) is 46.9 Å². The standard InChI is InChI=1S/C14H28NP.Ar/c1-4-7-11-16(14-10-15,12-8-5-2)13-9-6-3;/h14H,4-9,11-13H2,1-3H3;. The summed E-state index contributed by atoms with van der Waals surface area (Å²) in [6.07, 6.45) is 11.7. The third-order valence-electron chi connectivity index (χ3n) is 3.20. The van der Waals surface area contributed by atoms with E-state index in [0.717, 1.165) is 0 Å². The third-order valence-corrected chi connectivity index (χ3v) is 7.49. The molecule has 0 heterocycles. The molecule has 0 saturated carbocycles. The molecule has 1 nitrogen and oxygen atoms in total. The second kappa shape index (κ2) is 13.5. The van der Waals surface area contributed by atoms with E-state index < -0.39 is 6.89 Å². The van der Waals surface area contributed by atoms with Crippen LogP contribution in [0.25, 0.3) is 0 Å². The average molecular weight is 281 g/mol. The zero-order valence-corrected chi connectivity index (χ0v) is 13.3. The van der Waals surface area contributed by atoms with Gasteiger partial charge < -0.3 is 0 Å². The van der Waals surface area contributed by atoms with Gasteiger partial charge in [0.05, 0.1) is 6.07 Å². The Labute approximate surface area is 138 Å². The maximum absolute atomic E-state index is 9.02. The first kappa shape index (κ1) is 20.4. The molecule has 0 bridgehead atoms. The van der Waals surface area contributed by atoms with Crippen LogP contribution in [-0.2, 0) is 0 Å². The van der Waals surface area contributed by atoms with Gasteiger partial charge in [0, 0.05) is 43.5 Å². The van der Waals surface area contributed by atoms with Gasteiger partial charge in [-0.25, -0.2) is 0 Å². The van der Waals surface area contributed by atoms with E-state index in [2.05, 4.69) is 26.8 Å². The molecule has 0 aliphatic carbocycles. The molecule has 0 aliphatic rings. The van der Waals surface area contributed by atoms with Gasteiger partial charge in [0.15, 0.2) is 0 Å². The molecule has 0 aliphatic heterocycles. The molecule has 0 atom stereocenters. The zero-order chi connectivity index (χ0) is 12.3. The fourth-order valence-electron chi connectivity index (χ4n) is 2.07. The predicted octanol–water partition coefficient (Wildman–Crippen LogP) is 4.73. The van der Waals surface area contributed by atoms with Crippen molar-refractivity contribution in [3.05, 3.63) is 0 Å². The number of hydrogen-bond acceptors (Lipinski definition) is 1. The molecule has 102 valence electrons. The smallest absolute Gasteiger partial charge is 0.0913 e. The minimum absolute atomic E-state index is 0. The molecule has 0 radical (unpaired) electrons. The Morgan fingerprint density at radius 2 is 1.24 bits per heavy atom. The Morgan fingerprint density at radius 1 is 0.882 bits per heavy atom. The molecular formula is C14H28ArNP. The van der Waals surface area contributed by atoms with Crippen molar-refractivity contribution in [1.82, 2.24) is 0 Å². The van der Waals surface area contributed by atoms with Crippen LogP contribution in [0.15, 0.2) is 0 Å². The van der Waals surface area contributed by atoms with Crippen LogP contribution < -0.4 is 0 Å². The van der Waals surface area contributed by atoms with Crippen molar-refractivity contribution in [2.75, 3.05) is 18.5 Å². The van der Waals surface area contributed by atoms with Gasteiger partial charge in [0.1, 0.15) is 0 Å². The number of unbranched alkanes of at least 4 members (excludes halogenated alkanes) is 3. The Morgan fingerprint density at radius 3 is 1.47 bits per heavy atom. The van der Waals surface area contributed by atoms with E-state index in [1.54, 1.807) is 0 Å². The summed E-state index contributed by atoms with van der Waals surface area (Å²) in [5.41, 5.74) is 0. The summed E-state index contributed by atoms with van der Waals surface area (Å²) in [5.74, 6) is 2.05. The molecule has 0 rings (SSSR count). The number of rotatable bonds is 9. The van der Waals surface area contributed by atoms with E-state index in [0.29, 0.717) is 0 Å². The van der Waals surface area contributed by atoms with Crippen molar-refractivity contribution in [1.29, 1.82) is 5.26 Å². The van der Waals surface area contributed by atoms with Crippen LogP contribution in [0.1, 0.15) is 59.3 Å². The Balaban J connectivity index is 0. The first-order chi connectivity index (χ1) is 7.74. The first-order valence-corrected chi connectivity index (χ1v) is 9.25. The van der Waals surface area contributed by atoms with Gasteiger partial charge in [0.2, 0.25) is 0 Å². The summed E-state index contributed by atoms with van der Waals surface area (Å²) in [6, 6.07) is 2.36. The van der Waals surface area contributed by atoms with E-state index >= 15 is 0 Å². The van der Waals surface area contributed by atoms with Crippen LogP contribution in [0.2, 0.25) is 0 Å². The number of nitrogens with zero attached hydrogens (tertiary/aromatic N) is 1. The van der Waals surface area contributed by atoms with E-state index in [-0.39, 0.29) is 37.7 Å². The summed E-state index contributed by atoms with van der Waals surface area (Å²) in [4.78, 5) is 0. The quantitative estimate of drug-likeness (QED) is 0.560. The van der Waals surface area contributed by atoms with E-state index in [9.17, 15) is 0 Å². The molecular weight excluding hydrogens is 253 g/mol. The van der Waals surface area contributed by atoms with Gasteiger partial charge in [-0.05, 0) is 37.7 Å². The Hall–Kier alpha value is 1.05. The summed E-state index contributed by atoms with van der Waals surface area (Å²) in [5, 5.41) is 9.02. The van der Waals surface area contributed by atoms with Crippen molar-refractivity contribution in [3.63, 3.8) is 0 Å². The second-order valence-electron chi connectivity index (χ2n) is 4.71. The largest absolute Gasteiger partial charge is 0.193 e. The summed E-state index contributed by atoms with van der Waals surface area (Å²) in [7, 11) is 0. The maximum Gasteiger partial charge on any atom is 0.0913 e. The van der Waals surface area contributed by atoms with Crippen molar-refractivity contribution in [3.8, 4) is 6.07 Å². The third kappa shape index (κ3) is 9.61. The minimum atomic E-state index is -1.03. The topological polar surface area (TPSA) is 23.8 Å². The maximum atomic E-state index is 9.02. The molecule has 0 aromatic rings. The van der Waals surface area contributed by atoms with Crippen LogP contribution in [-0.4, -0.2) is 24.3 Å². The molecule has 0 saturated heterocycles. The molecule has 17 heavy (non-hydrogen) atoms. The molecule has 0 aromatic carbocycles. The van der Waals surface area contributed by atoms with Gasteiger partial charge in [-0.15, -0.1) is 0 Å². The summed E-state index contributed by atoms with van der Waals surface area (Å²) >= 11 is 0. The molecule has 0 unspecified atom stereocenters. The molecule has 0 aromatic heterocycles. The van der Waals surface area contributed by atoms with E-state index in [4.69, 9.17) is 5.26 Å². The Bertz CT molecular complexity index is 227. The normalized spacial score (nSPS) is 10.5. The summed E-state index contributed by atoms with van der Waals surface area (Å²) < 4.78 is 0. The SMILES string of the molecule is CCCCP(=CC#N)(CCCC)CCCC.[Ar]. The molecule has 3 heteroatoms.